The Morgan fingerprint density at radius 1 is 1.06 bits per heavy atom. The molecule has 0 bridgehead atoms. The number of halogens is 2. The Balaban J connectivity index is 0.00000231. The van der Waals surface area contributed by atoms with E-state index in [1.807, 2.05) is 27.6 Å². The van der Waals surface area contributed by atoms with Crippen LogP contribution in [0.5, 0.6) is 0 Å². The van der Waals surface area contributed by atoms with Crippen molar-refractivity contribution in [2.24, 2.45) is 0 Å². The largest absolute Gasteiger partial charge is 0.365 e. The van der Waals surface area contributed by atoms with Crippen molar-refractivity contribution in [1.29, 1.82) is 0 Å². The standard InChI is InChI=1S/C21H23FN8.ClH/c1-13(2)16-11-25-19-4-3-14-10-26-21(28-20(14)30(16)19)27-18-9-15(22)17(12-24-18)29-7-5-23-6-8-29;/h3-4,9-13,23H,5-8H2,1-2H3,(H,24,26,27,28);1H. The lowest BCUT2D eigenvalue weighted by Gasteiger charge is -2.29. The van der Waals surface area contributed by atoms with Gasteiger partial charge in [0, 0.05) is 55.7 Å². The molecule has 1 saturated heterocycles. The highest BCUT2D eigenvalue weighted by atomic mass is 35.5. The molecule has 8 nitrogen and oxygen atoms in total. The van der Waals surface area contributed by atoms with Gasteiger partial charge in [0.25, 0.3) is 0 Å². The van der Waals surface area contributed by atoms with E-state index >= 15 is 0 Å². The number of aromatic nitrogens is 5. The zero-order valence-corrected chi connectivity index (χ0v) is 18.2. The zero-order valence-electron chi connectivity index (χ0n) is 17.3. The van der Waals surface area contributed by atoms with Gasteiger partial charge in [-0.2, -0.15) is 4.98 Å². The maximum Gasteiger partial charge on any atom is 0.230 e. The molecule has 5 heterocycles. The Labute approximate surface area is 185 Å². The maximum atomic E-state index is 14.7. The van der Waals surface area contributed by atoms with Crippen LogP contribution in [-0.2, 0) is 0 Å². The van der Waals surface area contributed by atoms with E-state index in [1.165, 1.54) is 6.07 Å². The monoisotopic (exact) mass is 442 g/mol. The van der Waals surface area contributed by atoms with Crippen LogP contribution in [0.25, 0.3) is 16.7 Å². The molecule has 0 saturated carbocycles. The minimum atomic E-state index is -0.311. The number of nitrogens with zero attached hydrogens (tertiary/aromatic N) is 6. The first-order valence-corrected chi connectivity index (χ1v) is 10.1. The van der Waals surface area contributed by atoms with E-state index in [9.17, 15) is 4.39 Å². The van der Waals surface area contributed by atoms with Crippen molar-refractivity contribution in [1.82, 2.24) is 29.7 Å². The third-order valence-corrected chi connectivity index (χ3v) is 5.36. The molecule has 31 heavy (non-hydrogen) atoms. The first-order chi connectivity index (χ1) is 14.6. The van der Waals surface area contributed by atoms with E-state index in [1.54, 1.807) is 12.4 Å². The summed E-state index contributed by atoms with van der Waals surface area (Å²) < 4.78 is 16.7. The molecule has 1 aliphatic heterocycles. The van der Waals surface area contributed by atoms with Crippen LogP contribution in [0.4, 0.5) is 21.8 Å². The second kappa shape index (κ2) is 8.60. The Morgan fingerprint density at radius 3 is 2.61 bits per heavy atom. The highest BCUT2D eigenvalue weighted by Crippen LogP contribution is 2.25. The van der Waals surface area contributed by atoms with Gasteiger partial charge in [-0.25, -0.2) is 19.3 Å². The average Bonchev–Trinajstić information content (AvgIpc) is 3.20. The Kier molecular flexibility index (Phi) is 5.88. The third kappa shape index (κ3) is 3.98. The second-order valence-electron chi connectivity index (χ2n) is 7.72. The molecule has 0 aliphatic carbocycles. The second-order valence-corrected chi connectivity index (χ2v) is 7.72. The number of rotatable bonds is 4. The fourth-order valence-electron chi connectivity index (χ4n) is 3.78. The minimum absolute atomic E-state index is 0. The number of hydrogen-bond donors (Lipinski definition) is 2. The van der Waals surface area contributed by atoms with Crippen LogP contribution in [0, 0.1) is 5.82 Å². The number of pyridine rings is 2. The third-order valence-electron chi connectivity index (χ3n) is 5.36. The van der Waals surface area contributed by atoms with Gasteiger partial charge in [-0.15, -0.1) is 12.4 Å². The van der Waals surface area contributed by atoms with Crippen molar-refractivity contribution < 1.29 is 4.39 Å². The van der Waals surface area contributed by atoms with E-state index in [2.05, 4.69) is 44.4 Å². The topological polar surface area (TPSA) is 83.3 Å². The lowest BCUT2D eigenvalue weighted by molar-refractivity contribution is 0.565. The van der Waals surface area contributed by atoms with Gasteiger partial charge >= 0.3 is 0 Å². The smallest absolute Gasteiger partial charge is 0.230 e. The Bertz CT molecular complexity index is 1220. The molecule has 0 unspecified atom stereocenters. The molecular weight excluding hydrogens is 419 g/mol. The normalized spacial score (nSPS) is 14.3. The van der Waals surface area contributed by atoms with Crippen molar-refractivity contribution >= 4 is 46.5 Å². The summed E-state index contributed by atoms with van der Waals surface area (Å²) in [5.74, 6) is 0.715. The van der Waals surface area contributed by atoms with Gasteiger partial charge in [0.2, 0.25) is 5.95 Å². The molecule has 0 aromatic carbocycles. The molecule has 0 amide bonds. The summed E-state index contributed by atoms with van der Waals surface area (Å²) in [6, 6.07) is 5.30. The summed E-state index contributed by atoms with van der Waals surface area (Å²) in [5.41, 5.74) is 3.18. The molecule has 4 aromatic rings. The number of hydrogen-bond acceptors (Lipinski definition) is 7. The van der Waals surface area contributed by atoms with Crippen molar-refractivity contribution in [3.63, 3.8) is 0 Å². The summed E-state index contributed by atoms with van der Waals surface area (Å²) in [6.45, 7) is 7.44. The number of imidazole rings is 1. The van der Waals surface area contributed by atoms with Crippen LogP contribution in [0.15, 0.2) is 36.8 Å². The number of anilines is 3. The first-order valence-electron chi connectivity index (χ1n) is 10.1. The summed E-state index contributed by atoms with van der Waals surface area (Å²) in [5, 5.41) is 7.20. The van der Waals surface area contributed by atoms with Crippen LogP contribution >= 0.6 is 12.4 Å². The molecular formula is C21H24ClFN8. The van der Waals surface area contributed by atoms with Crippen molar-refractivity contribution in [2.75, 3.05) is 36.4 Å². The highest BCUT2D eigenvalue weighted by molar-refractivity contribution is 5.85. The Hall–Kier alpha value is -3.04. The molecule has 1 fully saturated rings. The SMILES string of the molecule is CC(C)c1cnc2ccc3cnc(Nc4cc(F)c(N5CCNCC5)cn4)nc3n12.Cl. The van der Waals surface area contributed by atoms with Gasteiger partial charge in [-0.1, -0.05) is 13.8 Å². The first kappa shape index (κ1) is 21.2. The van der Waals surface area contributed by atoms with Gasteiger partial charge in [0.05, 0.1) is 11.9 Å². The van der Waals surface area contributed by atoms with Gasteiger partial charge in [-0.3, -0.25) is 4.40 Å². The van der Waals surface area contributed by atoms with E-state index < -0.39 is 0 Å². The van der Waals surface area contributed by atoms with Crippen molar-refractivity contribution in [2.45, 2.75) is 19.8 Å². The lowest BCUT2D eigenvalue weighted by Crippen LogP contribution is -2.43. The summed E-state index contributed by atoms with van der Waals surface area (Å²) in [4.78, 5) is 19.9. The predicted molar refractivity (Wildman–Crippen MR) is 122 cm³/mol. The van der Waals surface area contributed by atoms with Gasteiger partial charge in [0.15, 0.2) is 11.5 Å². The summed E-state index contributed by atoms with van der Waals surface area (Å²) in [6.07, 6.45) is 5.19. The van der Waals surface area contributed by atoms with Crippen LogP contribution in [0.2, 0.25) is 0 Å². The van der Waals surface area contributed by atoms with E-state index in [-0.39, 0.29) is 18.2 Å². The molecule has 0 atom stereocenters. The highest BCUT2D eigenvalue weighted by Gasteiger charge is 2.16. The minimum Gasteiger partial charge on any atom is -0.365 e. The van der Waals surface area contributed by atoms with Crippen LogP contribution < -0.4 is 15.5 Å². The zero-order chi connectivity index (χ0) is 20.7. The fourth-order valence-corrected chi connectivity index (χ4v) is 3.78. The molecule has 0 spiro atoms. The molecule has 10 heteroatoms. The van der Waals surface area contributed by atoms with Gasteiger partial charge < -0.3 is 15.5 Å². The summed E-state index contributed by atoms with van der Waals surface area (Å²) >= 11 is 0. The van der Waals surface area contributed by atoms with Crippen molar-refractivity contribution in [3.8, 4) is 0 Å². The predicted octanol–water partition coefficient (Wildman–Crippen LogP) is 3.51. The Morgan fingerprint density at radius 2 is 1.87 bits per heavy atom. The quantitative estimate of drug-likeness (QED) is 0.500. The van der Waals surface area contributed by atoms with Crippen LogP contribution in [0.1, 0.15) is 25.5 Å². The van der Waals surface area contributed by atoms with Gasteiger partial charge in [-0.05, 0) is 18.1 Å². The fraction of sp³-hybridized carbons (Fsp3) is 0.333. The molecule has 2 N–H and O–H groups in total. The van der Waals surface area contributed by atoms with Crippen LogP contribution in [-0.4, -0.2) is 50.5 Å². The lowest BCUT2D eigenvalue weighted by atomic mass is 10.1. The van der Waals surface area contributed by atoms with Crippen molar-refractivity contribution in [3.05, 3.63) is 48.3 Å². The number of nitrogens with one attached hydrogen (secondary N) is 2. The molecule has 5 rings (SSSR count). The van der Waals surface area contributed by atoms with Crippen LogP contribution in [0.3, 0.4) is 0 Å². The molecule has 0 radical (unpaired) electrons. The maximum absolute atomic E-state index is 14.7. The van der Waals surface area contributed by atoms with E-state index in [0.29, 0.717) is 23.4 Å². The molecule has 4 aromatic heterocycles. The van der Waals surface area contributed by atoms with E-state index in [0.717, 1.165) is 48.6 Å². The van der Waals surface area contributed by atoms with E-state index in [4.69, 9.17) is 0 Å². The van der Waals surface area contributed by atoms with Gasteiger partial charge in [0.1, 0.15) is 11.5 Å². The number of piperazine rings is 1. The number of fused-ring (bicyclic) bond motifs is 3. The average molecular weight is 443 g/mol. The summed E-state index contributed by atoms with van der Waals surface area (Å²) in [7, 11) is 0. The molecule has 1 aliphatic rings. The molecule has 162 valence electrons.